The SMILES string of the molecule is CC(=O)OC[C@H]1O[C@H]2N=C(c3ccc4c(c3)OCO4)O[C@H]2[C@@H](OC(C)=O)[C@@H]1OC(C)=O. The van der Waals surface area contributed by atoms with Gasteiger partial charge in [0.1, 0.15) is 12.7 Å². The van der Waals surface area contributed by atoms with Gasteiger partial charge in [0.15, 0.2) is 36.0 Å². The Morgan fingerprint density at radius 3 is 2.42 bits per heavy atom. The molecule has 0 aromatic heterocycles. The zero-order chi connectivity index (χ0) is 22.1. The average molecular weight is 435 g/mol. The summed E-state index contributed by atoms with van der Waals surface area (Å²) in [5.74, 6) is -0.378. The fourth-order valence-electron chi connectivity index (χ4n) is 3.56. The van der Waals surface area contributed by atoms with Crippen LogP contribution in [0.3, 0.4) is 0 Å². The Bertz CT molecular complexity index is 929. The van der Waals surface area contributed by atoms with Gasteiger partial charge in [-0.3, -0.25) is 14.4 Å². The Hall–Kier alpha value is -3.34. The van der Waals surface area contributed by atoms with Gasteiger partial charge in [0.05, 0.1) is 0 Å². The molecule has 3 aliphatic rings. The quantitative estimate of drug-likeness (QED) is 0.482. The predicted octanol–water partition coefficient (Wildman–Crippen LogP) is 0.712. The van der Waals surface area contributed by atoms with E-state index in [4.69, 9.17) is 33.2 Å². The van der Waals surface area contributed by atoms with E-state index < -0.39 is 48.6 Å². The summed E-state index contributed by atoms with van der Waals surface area (Å²) in [6.07, 6.45) is -4.76. The largest absolute Gasteiger partial charge is 0.465 e. The molecule has 0 radical (unpaired) electrons. The van der Waals surface area contributed by atoms with Crippen molar-refractivity contribution in [2.75, 3.05) is 13.4 Å². The molecule has 1 saturated heterocycles. The van der Waals surface area contributed by atoms with E-state index in [0.29, 0.717) is 17.1 Å². The van der Waals surface area contributed by atoms with Crippen molar-refractivity contribution in [2.24, 2.45) is 4.99 Å². The van der Waals surface area contributed by atoms with Crippen LogP contribution in [-0.4, -0.2) is 67.8 Å². The zero-order valence-electron chi connectivity index (χ0n) is 17.1. The lowest BCUT2D eigenvalue weighted by Crippen LogP contribution is -2.60. The van der Waals surface area contributed by atoms with Gasteiger partial charge < -0.3 is 33.2 Å². The molecular weight excluding hydrogens is 414 g/mol. The van der Waals surface area contributed by atoms with Gasteiger partial charge in [-0.25, -0.2) is 4.99 Å². The van der Waals surface area contributed by atoms with Crippen LogP contribution in [0.4, 0.5) is 0 Å². The molecule has 0 saturated carbocycles. The second-order valence-corrected chi connectivity index (χ2v) is 7.10. The lowest BCUT2D eigenvalue weighted by molar-refractivity contribution is -0.236. The van der Waals surface area contributed by atoms with Crippen LogP contribution in [0, 0.1) is 0 Å². The number of carbonyl (C=O) groups excluding carboxylic acids is 3. The molecule has 3 aliphatic heterocycles. The Kier molecular flexibility index (Phi) is 5.68. The summed E-state index contributed by atoms with van der Waals surface area (Å²) in [5, 5.41) is 0. The minimum absolute atomic E-state index is 0.122. The van der Waals surface area contributed by atoms with E-state index >= 15 is 0 Å². The van der Waals surface area contributed by atoms with Gasteiger partial charge in [-0.1, -0.05) is 0 Å². The highest BCUT2D eigenvalue weighted by atomic mass is 16.7. The molecule has 3 heterocycles. The van der Waals surface area contributed by atoms with Gasteiger partial charge in [-0.2, -0.15) is 0 Å². The van der Waals surface area contributed by atoms with Crippen LogP contribution in [0.2, 0.25) is 0 Å². The molecular formula is C20H21NO10. The van der Waals surface area contributed by atoms with Crippen LogP contribution in [0.15, 0.2) is 23.2 Å². The maximum atomic E-state index is 11.8. The average Bonchev–Trinajstić information content (AvgIpc) is 3.33. The van der Waals surface area contributed by atoms with Crippen LogP contribution in [0.5, 0.6) is 11.5 Å². The molecule has 0 spiro atoms. The third kappa shape index (κ3) is 4.41. The fourth-order valence-corrected chi connectivity index (χ4v) is 3.56. The summed E-state index contributed by atoms with van der Waals surface area (Å²) in [4.78, 5) is 39.2. The van der Waals surface area contributed by atoms with Gasteiger partial charge in [-0.05, 0) is 18.2 Å². The lowest BCUT2D eigenvalue weighted by atomic mass is 9.98. The molecule has 11 heteroatoms. The van der Waals surface area contributed by atoms with Gasteiger partial charge in [0.2, 0.25) is 12.7 Å². The van der Waals surface area contributed by atoms with Crippen LogP contribution in [0.25, 0.3) is 0 Å². The number of esters is 3. The van der Waals surface area contributed by atoms with Gasteiger partial charge in [0, 0.05) is 26.3 Å². The first-order chi connectivity index (χ1) is 14.8. The highest BCUT2D eigenvalue weighted by Crippen LogP contribution is 2.37. The minimum atomic E-state index is -1.06. The highest BCUT2D eigenvalue weighted by molar-refractivity contribution is 5.96. The third-order valence-corrected chi connectivity index (χ3v) is 4.78. The first-order valence-corrected chi connectivity index (χ1v) is 9.59. The van der Waals surface area contributed by atoms with Crippen molar-refractivity contribution in [1.82, 2.24) is 0 Å². The molecule has 166 valence electrons. The van der Waals surface area contributed by atoms with Crippen molar-refractivity contribution in [3.05, 3.63) is 23.8 Å². The van der Waals surface area contributed by atoms with Crippen LogP contribution in [-0.2, 0) is 38.1 Å². The lowest BCUT2D eigenvalue weighted by Gasteiger charge is -2.40. The van der Waals surface area contributed by atoms with Gasteiger partial charge >= 0.3 is 17.9 Å². The monoisotopic (exact) mass is 435 g/mol. The number of benzene rings is 1. The second-order valence-electron chi connectivity index (χ2n) is 7.10. The molecule has 31 heavy (non-hydrogen) atoms. The molecule has 4 rings (SSSR count). The Morgan fingerprint density at radius 1 is 1.00 bits per heavy atom. The summed E-state index contributed by atoms with van der Waals surface area (Å²) in [6.45, 7) is 3.58. The fraction of sp³-hybridized carbons (Fsp3) is 0.500. The van der Waals surface area contributed by atoms with E-state index in [1.807, 2.05) is 0 Å². The molecule has 0 amide bonds. The van der Waals surface area contributed by atoms with E-state index in [9.17, 15) is 14.4 Å². The van der Waals surface area contributed by atoms with E-state index in [1.165, 1.54) is 20.8 Å². The van der Waals surface area contributed by atoms with Gasteiger partial charge in [-0.15, -0.1) is 0 Å². The summed E-state index contributed by atoms with van der Waals surface area (Å²) >= 11 is 0. The van der Waals surface area contributed by atoms with Crippen molar-refractivity contribution in [3.63, 3.8) is 0 Å². The van der Waals surface area contributed by atoms with E-state index in [-0.39, 0.29) is 19.3 Å². The number of aliphatic imine (C=N–C) groups is 1. The maximum Gasteiger partial charge on any atom is 0.303 e. The molecule has 1 aromatic rings. The second kappa shape index (κ2) is 8.42. The smallest absolute Gasteiger partial charge is 0.303 e. The molecule has 5 atom stereocenters. The minimum Gasteiger partial charge on any atom is -0.465 e. The van der Waals surface area contributed by atoms with Gasteiger partial charge in [0.25, 0.3) is 0 Å². The Labute approximate surface area is 177 Å². The maximum absolute atomic E-state index is 11.8. The van der Waals surface area contributed by atoms with Crippen molar-refractivity contribution >= 4 is 23.8 Å². The van der Waals surface area contributed by atoms with E-state index in [0.717, 1.165) is 0 Å². The molecule has 0 aliphatic carbocycles. The Morgan fingerprint density at radius 2 is 1.71 bits per heavy atom. The number of rotatable bonds is 5. The summed E-state index contributed by atoms with van der Waals surface area (Å²) in [7, 11) is 0. The number of hydrogen-bond acceptors (Lipinski definition) is 11. The number of carbonyl (C=O) groups is 3. The standard InChI is InChI=1S/C20H21NO10/c1-9(22)25-7-15-16(28-10(2)23)17(29-11(3)24)18-20(30-15)21-19(31-18)12-4-5-13-14(6-12)27-8-26-13/h4-6,15-18,20H,7-8H2,1-3H3/t15-,16-,17+,18+,20-/m1/s1. The summed E-state index contributed by atoms with van der Waals surface area (Å²) < 4.78 is 38.4. The van der Waals surface area contributed by atoms with Crippen LogP contribution >= 0.6 is 0 Å². The van der Waals surface area contributed by atoms with Crippen LogP contribution < -0.4 is 9.47 Å². The number of ether oxygens (including phenoxy) is 7. The van der Waals surface area contributed by atoms with E-state index in [1.54, 1.807) is 18.2 Å². The first-order valence-electron chi connectivity index (χ1n) is 9.59. The first kappa shape index (κ1) is 20.9. The third-order valence-electron chi connectivity index (χ3n) is 4.78. The highest BCUT2D eigenvalue weighted by Gasteiger charge is 2.54. The zero-order valence-corrected chi connectivity index (χ0v) is 17.1. The van der Waals surface area contributed by atoms with Crippen molar-refractivity contribution in [3.8, 4) is 11.5 Å². The van der Waals surface area contributed by atoms with Crippen molar-refractivity contribution < 1.29 is 47.5 Å². The molecule has 0 N–H and O–H groups in total. The molecule has 1 aromatic carbocycles. The van der Waals surface area contributed by atoms with Crippen LogP contribution in [0.1, 0.15) is 26.3 Å². The molecule has 0 unspecified atom stereocenters. The predicted molar refractivity (Wildman–Crippen MR) is 100 cm³/mol. The van der Waals surface area contributed by atoms with Crippen molar-refractivity contribution in [1.29, 1.82) is 0 Å². The Balaban J connectivity index is 1.62. The summed E-state index contributed by atoms with van der Waals surface area (Å²) in [5.41, 5.74) is 0.601. The number of fused-ring (bicyclic) bond motifs is 2. The van der Waals surface area contributed by atoms with Crippen molar-refractivity contribution in [2.45, 2.75) is 51.4 Å². The number of hydrogen-bond donors (Lipinski definition) is 0. The topological polar surface area (TPSA) is 128 Å². The molecule has 0 bridgehead atoms. The number of nitrogens with zero attached hydrogens (tertiary/aromatic N) is 1. The summed E-state index contributed by atoms with van der Waals surface area (Å²) in [6, 6.07) is 5.17. The molecule has 1 fully saturated rings. The normalized spacial score (nSPS) is 28.1. The molecule has 11 nitrogen and oxygen atoms in total. The van der Waals surface area contributed by atoms with E-state index in [2.05, 4.69) is 4.99 Å².